The summed E-state index contributed by atoms with van der Waals surface area (Å²) < 4.78 is 10.5. The molecule has 1 N–H and O–H groups in total. The van der Waals surface area contributed by atoms with E-state index >= 15 is 0 Å². The van der Waals surface area contributed by atoms with Gasteiger partial charge in [0.2, 0.25) is 0 Å². The Morgan fingerprint density at radius 2 is 1.87 bits per heavy atom. The number of carbonyl (C=O) groups excluding carboxylic acids is 3. The molecule has 2 aromatic carbocycles. The van der Waals surface area contributed by atoms with Gasteiger partial charge in [-0.05, 0) is 55.0 Å². The van der Waals surface area contributed by atoms with Crippen molar-refractivity contribution in [2.75, 3.05) is 20.3 Å². The van der Waals surface area contributed by atoms with Crippen molar-refractivity contribution >= 4 is 17.9 Å². The molecule has 1 saturated heterocycles. The fourth-order valence-electron chi connectivity index (χ4n) is 3.83. The van der Waals surface area contributed by atoms with E-state index in [0.29, 0.717) is 24.2 Å². The third kappa shape index (κ3) is 4.71. The average Bonchev–Trinajstić information content (AvgIpc) is 3.02. The highest BCUT2D eigenvalue weighted by molar-refractivity contribution is 6.09. The molecule has 0 spiro atoms. The lowest BCUT2D eigenvalue weighted by Gasteiger charge is -2.26. The summed E-state index contributed by atoms with van der Waals surface area (Å²) in [6.45, 7) is 3.52. The van der Waals surface area contributed by atoms with Crippen molar-refractivity contribution < 1.29 is 23.9 Å². The van der Waals surface area contributed by atoms with Crippen molar-refractivity contribution in [3.05, 3.63) is 65.2 Å². The molecular formula is C24H28N2O5. The van der Waals surface area contributed by atoms with Crippen LogP contribution in [0, 0.1) is 6.92 Å². The Morgan fingerprint density at radius 3 is 2.52 bits per heavy atom. The van der Waals surface area contributed by atoms with Crippen LogP contribution in [-0.4, -0.2) is 43.1 Å². The van der Waals surface area contributed by atoms with Gasteiger partial charge >= 0.3 is 12.0 Å². The largest absolute Gasteiger partial charge is 0.496 e. The predicted molar refractivity (Wildman–Crippen MR) is 116 cm³/mol. The molecule has 164 valence electrons. The number of nitrogens with zero attached hydrogens (tertiary/aromatic N) is 1. The Labute approximate surface area is 182 Å². The molecule has 7 nitrogen and oxygen atoms in total. The van der Waals surface area contributed by atoms with Gasteiger partial charge < -0.3 is 14.8 Å². The van der Waals surface area contributed by atoms with Crippen LogP contribution in [0.2, 0.25) is 0 Å². The van der Waals surface area contributed by atoms with E-state index in [1.54, 1.807) is 19.2 Å². The summed E-state index contributed by atoms with van der Waals surface area (Å²) in [6.07, 6.45) is 1.80. The molecule has 3 amide bonds. The average molecular weight is 424 g/mol. The molecule has 7 heteroatoms. The Bertz CT molecular complexity index is 960. The lowest BCUT2D eigenvalue weighted by atomic mass is 9.86. The highest BCUT2D eigenvalue weighted by Gasteiger charge is 2.51. The number of rotatable bonds is 9. The highest BCUT2D eigenvalue weighted by atomic mass is 16.5. The van der Waals surface area contributed by atoms with E-state index in [4.69, 9.17) is 9.47 Å². The third-order valence-corrected chi connectivity index (χ3v) is 5.60. The Kier molecular flexibility index (Phi) is 6.95. The van der Waals surface area contributed by atoms with Gasteiger partial charge in [0.25, 0.3) is 5.91 Å². The van der Waals surface area contributed by atoms with Crippen molar-refractivity contribution in [1.29, 1.82) is 0 Å². The van der Waals surface area contributed by atoms with Crippen molar-refractivity contribution in [3.63, 3.8) is 0 Å². The van der Waals surface area contributed by atoms with Crippen LogP contribution in [0.5, 0.6) is 5.75 Å². The van der Waals surface area contributed by atoms with Crippen LogP contribution in [0.4, 0.5) is 4.79 Å². The summed E-state index contributed by atoms with van der Waals surface area (Å²) in [5.74, 6) is -0.358. The Morgan fingerprint density at radius 1 is 1.13 bits per heavy atom. The van der Waals surface area contributed by atoms with Crippen molar-refractivity contribution in [1.82, 2.24) is 10.2 Å². The van der Waals surface area contributed by atoms with Gasteiger partial charge in [0, 0.05) is 0 Å². The second-order valence-electron chi connectivity index (χ2n) is 7.57. The van der Waals surface area contributed by atoms with E-state index in [-0.39, 0.29) is 6.61 Å². The summed E-state index contributed by atoms with van der Waals surface area (Å²) in [5, 5.41) is 2.78. The van der Waals surface area contributed by atoms with Crippen LogP contribution in [0.3, 0.4) is 0 Å². The number of imide groups is 1. The first-order valence-corrected chi connectivity index (χ1v) is 10.4. The van der Waals surface area contributed by atoms with E-state index in [1.807, 2.05) is 50.2 Å². The summed E-state index contributed by atoms with van der Waals surface area (Å²) in [7, 11) is 1.58. The van der Waals surface area contributed by atoms with E-state index in [9.17, 15) is 14.4 Å². The zero-order valence-electron chi connectivity index (χ0n) is 18.1. The smallest absolute Gasteiger partial charge is 0.326 e. The molecule has 0 radical (unpaired) electrons. The number of aryl methyl sites for hydroxylation is 2. The molecule has 0 bridgehead atoms. The van der Waals surface area contributed by atoms with Gasteiger partial charge in [-0.3, -0.25) is 14.5 Å². The van der Waals surface area contributed by atoms with Crippen molar-refractivity contribution in [3.8, 4) is 5.75 Å². The fourth-order valence-corrected chi connectivity index (χ4v) is 3.83. The standard InChI is InChI=1S/C24H28N2O5/c1-4-24(19-12-13-20(30-3)17(2)15-19)22(28)26(23(29)25-24)16-21(27)31-14-8-11-18-9-6-5-7-10-18/h5-7,9-10,12-13,15H,4,8,11,14,16H2,1-3H3,(H,25,29). The number of carbonyl (C=O) groups is 3. The van der Waals surface area contributed by atoms with Crippen molar-refractivity contribution in [2.24, 2.45) is 0 Å². The lowest BCUT2D eigenvalue weighted by Crippen LogP contribution is -2.44. The number of urea groups is 1. The number of methoxy groups -OCH3 is 1. The predicted octanol–water partition coefficient (Wildman–Crippen LogP) is 3.34. The van der Waals surface area contributed by atoms with Crippen LogP contribution < -0.4 is 10.1 Å². The SMILES string of the molecule is CCC1(c2ccc(OC)c(C)c2)NC(=O)N(CC(=O)OCCCc2ccccc2)C1=O. The minimum Gasteiger partial charge on any atom is -0.496 e. The summed E-state index contributed by atoms with van der Waals surface area (Å²) in [4.78, 5) is 38.9. The quantitative estimate of drug-likeness (QED) is 0.379. The van der Waals surface area contributed by atoms with Gasteiger partial charge in [-0.2, -0.15) is 0 Å². The van der Waals surface area contributed by atoms with Crippen LogP contribution in [0.25, 0.3) is 0 Å². The molecule has 0 aromatic heterocycles. The van der Waals surface area contributed by atoms with Gasteiger partial charge in [-0.1, -0.05) is 43.3 Å². The number of benzene rings is 2. The van der Waals surface area contributed by atoms with Crippen LogP contribution >= 0.6 is 0 Å². The molecule has 1 heterocycles. The number of hydrogen-bond donors (Lipinski definition) is 1. The molecule has 1 aliphatic heterocycles. The molecule has 31 heavy (non-hydrogen) atoms. The first kappa shape index (κ1) is 22.3. The monoisotopic (exact) mass is 424 g/mol. The molecule has 1 fully saturated rings. The van der Waals surface area contributed by atoms with E-state index in [0.717, 1.165) is 22.4 Å². The molecule has 3 rings (SSSR count). The van der Waals surface area contributed by atoms with Gasteiger partial charge in [0.05, 0.1) is 13.7 Å². The van der Waals surface area contributed by atoms with Crippen molar-refractivity contribution in [2.45, 2.75) is 38.6 Å². The van der Waals surface area contributed by atoms with E-state index in [1.165, 1.54) is 0 Å². The van der Waals surface area contributed by atoms with Gasteiger partial charge in [0.15, 0.2) is 0 Å². The second-order valence-corrected chi connectivity index (χ2v) is 7.57. The zero-order chi connectivity index (χ0) is 22.4. The normalized spacial score (nSPS) is 18.1. The third-order valence-electron chi connectivity index (χ3n) is 5.60. The van der Waals surface area contributed by atoms with Crippen LogP contribution in [0.1, 0.15) is 36.5 Å². The lowest BCUT2D eigenvalue weighted by molar-refractivity contribution is -0.148. The maximum atomic E-state index is 13.2. The summed E-state index contributed by atoms with van der Waals surface area (Å²) in [5.41, 5.74) is 1.47. The van der Waals surface area contributed by atoms with E-state index in [2.05, 4.69) is 5.32 Å². The first-order chi connectivity index (χ1) is 14.9. The molecule has 0 aliphatic carbocycles. The maximum absolute atomic E-state index is 13.2. The molecule has 0 saturated carbocycles. The Hall–Kier alpha value is -3.35. The minimum atomic E-state index is -1.21. The number of hydrogen-bond acceptors (Lipinski definition) is 5. The number of nitrogens with one attached hydrogen (secondary N) is 1. The van der Waals surface area contributed by atoms with Crippen LogP contribution in [-0.2, 0) is 26.3 Å². The number of amides is 3. The van der Waals surface area contributed by atoms with Gasteiger partial charge in [0.1, 0.15) is 17.8 Å². The maximum Gasteiger partial charge on any atom is 0.326 e. The van der Waals surface area contributed by atoms with E-state index < -0.39 is 30.0 Å². The van der Waals surface area contributed by atoms with Gasteiger partial charge in [-0.15, -0.1) is 0 Å². The number of esters is 1. The summed E-state index contributed by atoms with van der Waals surface area (Å²) >= 11 is 0. The molecule has 1 aliphatic rings. The Balaban J connectivity index is 1.62. The fraction of sp³-hybridized carbons (Fsp3) is 0.375. The molecule has 2 aromatic rings. The number of ether oxygens (including phenoxy) is 2. The second kappa shape index (κ2) is 9.64. The van der Waals surface area contributed by atoms with Crippen LogP contribution in [0.15, 0.2) is 48.5 Å². The molecular weight excluding hydrogens is 396 g/mol. The highest BCUT2D eigenvalue weighted by Crippen LogP contribution is 2.34. The minimum absolute atomic E-state index is 0.230. The first-order valence-electron chi connectivity index (χ1n) is 10.4. The zero-order valence-corrected chi connectivity index (χ0v) is 18.1. The topological polar surface area (TPSA) is 84.9 Å². The summed E-state index contributed by atoms with van der Waals surface area (Å²) in [6, 6.07) is 14.7. The molecule has 1 atom stereocenters. The van der Waals surface area contributed by atoms with Gasteiger partial charge in [-0.25, -0.2) is 4.79 Å². The molecule has 1 unspecified atom stereocenters.